The first-order valence-electron chi connectivity index (χ1n) is 8.02. The molecule has 3 N–H and O–H groups in total. The molecular weight excluding hydrogens is 326 g/mol. The summed E-state index contributed by atoms with van der Waals surface area (Å²) >= 11 is 0. The van der Waals surface area contributed by atoms with Gasteiger partial charge in [0.1, 0.15) is 16.4 Å². The molecule has 2 rings (SSSR count). The lowest BCUT2D eigenvalue weighted by Crippen LogP contribution is -2.24. The number of aromatic hydroxyl groups is 2. The molecule has 5 nitrogen and oxygen atoms in total. The average Bonchev–Trinajstić information content (AvgIpc) is 2.53. The second-order valence-corrected chi connectivity index (χ2v) is 7.42. The van der Waals surface area contributed by atoms with Crippen LogP contribution >= 0.6 is 0 Å². The Balaban J connectivity index is 2.27. The third-order valence-electron chi connectivity index (χ3n) is 3.76. The van der Waals surface area contributed by atoms with Crippen molar-refractivity contribution >= 4 is 10.0 Å². The first-order chi connectivity index (χ1) is 11.4. The highest BCUT2D eigenvalue weighted by atomic mass is 32.2. The fourth-order valence-electron chi connectivity index (χ4n) is 2.56. The SMILES string of the molecule is CCCCCc1cc(O)cc(O)c1S(=O)(=O)NCc1ccccc1. The van der Waals surface area contributed by atoms with E-state index in [0.717, 1.165) is 30.9 Å². The standard InChI is InChI=1S/C18H23NO4S/c1-2-3-5-10-15-11-16(20)12-17(21)18(15)24(22,23)19-13-14-8-6-4-7-9-14/h4,6-9,11-12,19-21H,2-3,5,10,13H2,1H3. The van der Waals surface area contributed by atoms with Crippen LogP contribution in [0.5, 0.6) is 11.5 Å². The maximum Gasteiger partial charge on any atom is 0.244 e. The van der Waals surface area contributed by atoms with Gasteiger partial charge in [0.05, 0.1) is 0 Å². The highest BCUT2D eigenvalue weighted by Gasteiger charge is 2.23. The molecule has 0 amide bonds. The zero-order valence-corrected chi connectivity index (χ0v) is 14.5. The number of phenols is 2. The van der Waals surface area contributed by atoms with Gasteiger partial charge in [0.25, 0.3) is 0 Å². The van der Waals surface area contributed by atoms with E-state index in [0.29, 0.717) is 12.0 Å². The summed E-state index contributed by atoms with van der Waals surface area (Å²) in [5.41, 5.74) is 1.26. The van der Waals surface area contributed by atoms with Crippen LogP contribution in [0.3, 0.4) is 0 Å². The summed E-state index contributed by atoms with van der Waals surface area (Å²) < 4.78 is 27.8. The monoisotopic (exact) mass is 349 g/mol. The molecule has 0 saturated heterocycles. The topological polar surface area (TPSA) is 86.6 Å². The smallest absolute Gasteiger partial charge is 0.244 e. The van der Waals surface area contributed by atoms with Crippen LogP contribution in [-0.2, 0) is 23.0 Å². The maximum absolute atomic E-state index is 12.6. The minimum Gasteiger partial charge on any atom is -0.508 e. The Labute approximate surface area is 143 Å². The third kappa shape index (κ3) is 4.72. The molecule has 0 aliphatic heterocycles. The van der Waals surface area contributed by atoms with Crippen LogP contribution in [0.2, 0.25) is 0 Å². The van der Waals surface area contributed by atoms with Crippen molar-refractivity contribution in [3.8, 4) is 11.5 Å². The summed E-state index contributed by atoms with van der Waals surface area (Å²) in [6.07, 6.45) is 3.23. The largest absolute Gasteiger partial charge is 0.508 e. The van der Waals surface area contributed by atoms with Crippen LogP contribution in [0.1, 0.15) is 37.3 Å². The zero-order chi connectivity index (χ0) is 17.6. The Morgan fingerprint density at radius 3 is 2.42 bits per heavy atom. The van der Waals surface area contributed by atoms with Gasteiger partial charge in [0.15, 0.2) is 0 Å². The molecule has 0 unspecified atom stereocenters. The van der Waals surface area contributed by atoms with Gasteiger partial charge >= 0.3 is 0 Å². The molecule has 0 heterocycles. The number of hydrogen-bond donors (Lipinski definition) is 3. The number of aryl methyl sites for hydroxylation is 1. The van der Waals surface area contributed by atoms with Gasteiger partial charge in [-0.2, -0.15) is 0 Å². The summed E-state index contributed by atoms with van der Waals surface area (Å²) in [5, 5.41) is 19.8. The Morgan fingerprint density at radius 1 is 1.04 bits per heavy atom. The molecule has 0 aliphatic rings. The van der Waals surface area contributed by atoms with Gasteiger partial charge in [-0.05, 0) is 30.0 Å². The van der Waals surface area contributed by atoms with Crippen LogP contribution in [0.15, 0.2) is 47.4 Å². The molecule has 6 heteroatoms. The summed E-state index contributed by atoms with van der Waals surface area (Å²) in [6, 6.07) is 11.6. The maximum atomic E-state index is 12.6. The number of hydrogen-bond acceptors (Lipinski definition) is 4. The van der Waals surface area contributed by atoms with Crippen molar-refractivity contribution in [3.05, 3.63) is 53.6 Å². The van der Waals surface area contributed by atoms with Gasteiger partial charge < -0.3 is 10.2 Å². The van der Waals surface area contributed by atoms with Gasteiger partial charge in [-0.15, -0.1) is 0 Å². The van der Waals surface area contributed by atoms with E-state index in [1.807, 2.05) is 30.3 Å². The Hall–Kier alpha value is -2.05. The van der Waals surface area contributed by atoms with Gasteiger partial charge in [0.2, 0.25) is 10.0 Å². The molecule has 0 radical (unpaired) electrons. The Bertz CT molecular complexity index is 773. The van der Waals surface area contributed by atoms with E-state index in [9.17, 15) is 18.6 Å². The van der Waals surface area contributed by atoms with Crippen molar-refractivity contribution in [1.82, 2.24) is 4.72 Å². The summed E-state index contributed by atoms with van der Waals surface area (Å²) in [4.78, 5) is -0.146. The Morgan fingerprint density at radius 2 is 1.75 bits per heavy atom. The first-order valence-corrected chi connectivity index (χ1v) is 9.51. The van der Waals surface area contributed by atoms with Crippen LogP contribution in [0.25, 0.3) is 0 Å². The molecule has 0 aromatic heterocycles. The fraction of sp³-hybridized carbons (Fsp3) is 0.333. The van der Waals surface area contributed by atoms with Crippen molar-refractivity contribution in [1.29, 1.82) is 0 Å². The molecule has 2 aromatic carbocycles. The lowest BCUT2D eigenvalue weighted by molar-refractivity contribution is 0.436. The Kier molecular flexibility index (Phi) is 6.23. The lowest BCUT2D eigenvalue weighted by atomic mass is 10.1. The normalized spacial score (nSPS) is 11.5. The summed E-state index contributed by atoms with van der Waals surface area (Å²) in [5.74, 6) is -0.567. The van der Waals surface area contributed by atoms with Gasteiger partial charge in [-0.3, -0.25) is 0 Å². The number of unbranched alkanes of at least 4 members (excludes halogenated alkanes) is 2. The van der Waals surface area contributed by atoms with Crippen molar-refractivity contribution in [2.24, 2.45) is 0 Å². The lowest BCUT2D eigenvalue weighted by Gasteiger charge is -2.14. The fourth-order valence-corrected chi connectivity index (χ4v) is 3.91. The summed E-state index contributed by atoms with van der Waals surface area (Å²) in [6.45, 7) is 2.19. The van der Waals surface area contributed by atoms with E-state index in [1.165, 1.54) is 6.07 Å². The van der Waals surface area contributed by atoms with E-state index < -0.39 is 15.8 Å². The molecule has 0 spiro atoms. The average molecular weight is 349 g/mol. The van der Waals surface area contributed by atoms with Crippen molar-refractivity contribution < 1.29 is 18.6 Å². The molecule has 0 saturated carbocycles. The van der Waals surface area contributed by atoms with Gasteiger partial charge in [-0.25, -0.2) is 13.1 Å². The molecule has 24 heavy (non-hydrogen) atoms. The number of sulfonamides is 1. The van der Waals surface area contributed by atoms with E-state index in [-0.39, 0.29) is 17.2 Å². The molecule has 0 bridgehead atoms. The van der Waals surface area contributed by atoms with E-state index in [4.69, 9.17) is 0 Å². The second kappa shape index (κ2) is 8.17. The van der Waals surface area contributed by atoms with E-state index in [1.54, 1.807) is 0 Å². The van der Waals surface area contributed by atoms with Crippen molar-refractivity contribution in [2.75, 3.05) is 0 Å². The molecule has 0 atom stereocenters. The number of phenolic OH excluding ortho intramolecular Hbond substituents is 2. The quantitative estimate of drug-likeness (QED) is 0.638. The van der Waals surface area contributed by atoms with Crippen LogP contribution in [0, 0.1) is 0 Å². The molecule has 2 aromatic rings. The number of rotatable bonds is 8. The van der Waals surface area contributed by atoms with Crippen LogP contribution < -0.4 is 4.72 Å². The minimum absolute atomic E-state index is 0.137. The predicted octanol–water partition coefficient (Wildman–Crippen LogP) is 3.31. The summed E-state index contributed by atoms with van der Waals surface area (Å²) in [7, 11) is -3.88. The van der Waals surface area contributed by atoms with E-state index in [2.05, 4.69) is 11.6 Å². The molecule has 0 aliphatic carbocycles. The highest BCUT2D eigenvalue weighted by molar-refractivity contribution is 7.89. The van der Waals surface area contributed by atoms with Crippen molar-refractivity contribution in [2.45, 2.75) is 44.0 Å². The van der Waals surface area contributed by atoms with E-state index >= 15 is 0 Å². The zero-order valence-electron chi connectivity index (χ0n) is 13.7. The van der Waals surface area contributed by atoms with Crippen molar-refractivity contribution in [3.63, 3.8) is 0 Å². The molecule has 0 fully saturated rings. The predicted molar refractivity (Wildman–Crippen MR) is 93.5 cm³/mol. The van der Waals surface area contributed by atoms with Crippen LogP contribution in [0.4, 0.5) is 0 Å². The molecular formula is C18H23NO4S. The second-order valence-electron chi connectivity index (χ2n) is 5.72. The number of nitrogens with one attached hydrogen (secondary N) is 1. The van der Waals surface area contributed by atoms with Crippen LogP contribution in [-0.4, -0.2) is 18.6 Å². The van der Waals surface area contributed by atoms with Gasteiger partial charge in [0, 0.05) is 12.6 Å². The number of benzene rings is 2. The molecule has 130 valence electrons. The third-order valence-corrected chi connectivity index (χ3v) is 5.29. The minimum atomic E-state index is -3.88. The highest BCUT2D eigenvalue weighted by Crippen LogP contribution is 2.32. The van der Waals surface area contributed by atoms with Gasteiger partial charge in [-0.1, -0.05) is 50.1 Å². The first kappa shape index (κ1) is 18.3.